The summed E-state index contributed by atoms with van der Waals surface area (Å²) in [6.45, 7) is 9.27. The first kappa shape index (κ1) is 22.3. The van der Waals surface area contributed by atoms with Crippen molar-refractivity contribution >= 4 is 5.69 Å². The Bertz CT molecular complexity index is 1100. The molecule has 1 heterocycles. The molecule has 0 aliphatic heterocycles. The van der Waals surface area contributed by atoms with Crippen molar-refractivity contribution in [2.45, 2.75) is 58.5 Å². The molecule has 0 radical (unpaired) electrons. The van der Waals surface area contributed by atoms with E-state index in [2.05, 4.69) is 55.6 Å². The Morgan fingerprint density at radius 2 is 1.84 bits per heavy atom. The molecule has 1 aromatic heterocycles. The van der Waals surface area contributed by atoms with Crippen LogP contribution >= 0.6 is 0 Å². The lowest BCUT2D eigenvalue weighted by atomic mass is 9.95. The number of aromatic nitrogens is 2. The van der Waals surface area contributed by atoms with Gasteiger partial charge in [0.15, 0.2) is 0 Å². The fourth-order valence-electron chi connectivity index (χ4n) is 4.56. The van der Waals surface area contributed by atoms with Crippen LogP contribution in [-0.4, -0.2) is 21.0 Å². The lowest BCUT2D eigenvalue weighted by Gasteiger charge is -2.24. The van der Waals surface area contributed by atoms with Crippen molar-refractivity contribution < 1.29 is 5.21 Å². The van der Waals surface area contributed by atoms with Gasteiger partial charge in [0.1, 0.15) is 0 Å². The van der Waals surface area contributed by atoms with Gasteiger partial charge in [-0.05, 0) is 49.4 Å². The third-order valence-electron chi connectivity index (χ3n) is 6.33. The molecule has 1 aliphatic rings. The van der Waals surface area contributed by atoms with Gasteiger partial charge in [0.05, 0.1) is 17.1 Å². The van der Waals surface area contributed by atoms with E-state index in [-0.39, 0.29) is 16.8 Å². The molecule has 6 nitrogen and oxygen atoms in total. The number of anilines is 1. The summed E-state index contributed by atoms with van der Waals surface area (Å²) in [6, 6.07) is 16.1. The fraction of sp³-hybridized carbons (Fsp3) is 0.346. The molecule has 4 rings (SSSR count). The highest BCUT2D eigenvalue weighted by Gasteiger charge is 2.26. The average molecular weight is 432 g/mol. The zero-order valence-corrected chi connectivity index (χ0v) is 19.1. The predicted octanol–water partition coefficient (Wildman–Crippen LogP) is 5.51. The van der Waals surface area contributed by atoms with Crippen molar-refractivity contribution in [1.29, 1.82) is 0 Å². The molecule has 2 aromatic carbocycles. The van der Waals surface area contributed by atoms with Crippen molar-refractivity contribution in [1.82, 2.24) is 15.1 Å². The van der Waals surface area contributed by atoms with Crippen LogP contribution in [0.2, 0.25) is 0 Å². The molecule has 0 unspecified atom stereocenters. The number of nitrogens with zero attached hydrogens (tertiary/aromatic N) is 3. The minimum absolute atomic E-state index is 0.103. The molecule has 0 saturated heterocycles. The summed E-state index contributed by atoms with van der Waals surface area (Å²) in [5.74, 6) is 0.804. The van der Waals surface area contributed by atoms with Gasteiger partial charge in [0, 0.05) is 29.8 Å². The van der Waals surface area contributed by atoms with Crippen LogP contribution in [0.15, 0.2) is 60.7 Å². The van der Waals surface area contributed by atoms with Crippen LogP contribution in [0.3, 0.4) is 0 Å². The monoisotopic (exact) mass is 431 g/mol. The Hall–Kier alpha value is -2.93. The van der Waals surface area contributed by atoms with E-state index in [0.29, 0.717) is 17.6 Å². The van der Waals surface area contributed by atoms with Gasteiger partial charge in [-0.1, -0.05) is 62.4 Å². The van der Waals surface area contributed by atoms with Gasteiger partial charge < -0.3 is 15.8 Å². The molecular weight excluding hydrogens is 400 g/mol. The molecule has 6 heteroatoms. The third-order valence-corrected chi connectivity index (χ3v) is 6.33. The molecular formula is C26H31N4O2-. The maximum absolute atomic E-state index is 11.6. The molecule has 168 valence electrons. The molecule has 32 heavy (non-hydrogen) atoms. The Kier molecular flexibility index (Phi) is 6.46. The van der Waals surface area contributed by atoms with Crippen LogP contribution in [0.1, 0.15) is 60.2 Å². The summed E-state index contributed by atoms with van der Waals surface area (Å²) in [5, 5.41) is 29.3. The zero-order valence-electron chi connectivity index (χ0n) is 19.1. The molecule has 0 bridgehead atoms. The summed E-state index contributed by atoms with van der Waals surface area (Å²) < 4.78 is 1.76. The molecule has 0 amide bonds. The highest BCUT2D eigenvalue weighted by atomic mass is 16.8. The number of allylic oxidation sites excluding steroid dienone is 1. The number of hydrogen-bond donors (Lipinski definition) is 2. The molecule has 0 fully saturated rings. The standard InChI is InChI=1S/C26H31N4O2/c1-17(2)21-11-9-20(10-12-21)16-27-23-14-13-22(15-23)26-18(3)28-29(19(26)4)24-7-5-6-8-25(24)30(31)32/h5-14,17,22-23,27,31H,15-16H2,1-4H3/q-1/t22-,23-/m1/s1. The normalized spacial score (nSPS) is 18.0. The first-order valence-electron chi connectivity index (χ1n) is 11.2. The second kappa shape index (κ2) is 9.28. The minimum atomic E-state index is -0.103. The number of nitrogens with one attached hydrogen (secondary N) is 1. The largest absolute Gasteiger partial charge is 0.733 e. The molecule has 0 spiro atoms. The predicted molar refractivity (Wildman–Crippen MR) is 128 cm³/mol. The molecule has 1 aliphatic carbocycles. The van der Waals surface area contributed by atoms with Crippen molar-refractivity contribution in [2.24, 2.45) is 0 Å². The second-order valence-corrected chi connectivity index (χ2v) is 8.87. The number of aryl methyl sites for hydroxylation is 1. The van der Waals surface area contributed by atoms with Gasteiger partial charge in [0.2, 0.25) is 0 Å². The lowest BCUT2D eigenvalue weighted by molar-refractivity contribution is 0.296. The number of rotatable bonds is 7. The SMILES string of the molecule is Cc1nn(-c2ccccc2N([O-])O)c(C)c1[C@@H]1C=C[C@@H](NCc2ccc(C(C)C)cc2)C1. The van der Waals surface area contributed by atoms with Crippen molar-refractivity contribution in [3.05, 3.63) is 94.0 Å². The third kappa shape index (κ3) is 4.48. The first-order chi connectivity index (χ1) is 15.3. The van der Waals surface area contributed by atoms with Gasteiger partial charge in [-0.2, -0.15) is 5.10 Å². The lowest BCUT2D eigenvalue weighted by Crippen LogP contribution is -2.25. The topological polar surface area (TPSA) is 76.4 Å². The fourth-order valence-corrected chi connectivity index (χ4v) is 4.56. The molecule has 0 saturated carbocycles. The van der Waals surface area contributed by atoms with Crippen LogP contribution in [-0.2, 0) is 6.54 Å². The minimum Gasteiger partial charge on any atom is -0.733 e. The van der Waals surface area contributed by atoms with E-state index in [0.717, 1.165) is 24.4 Å². The number of hydrogen-bond acceptors (Lipinski definition) is 5. The van der Waals surface area contributed by atoms with Gasteiger partial charge in [-0.15, -0.1) is 0 Å². The van der Waals surface area contributed by atoms with Crippen LogP contribution in [0.25, 0.3) is 5.69 Å². The van der Waals surface area contributed by atoms with E-state index in [4.69, 9.17) is 5.10 Å². The average Bonchev–Trinajstić information content (AvgIpc) is 3.35. The Morgan fingerprint density at radius 1 is 1.12 bits per heavy atom. The van der Waals surface area contributed by atoms with Gasteiger partial charge >= 0.3 is 0 Å². The van der Waals surface area contributed by atoms with Crippen LogP contribution in [0, 0.1) is 19.1 Å². The van der Waals surface area contributed by atoms with Crippen LogP contribution < -0.4 is 10.5 Å². The van der Waals surface area contributed by atoms with E-state index in [1.54, 1.807) is 22.9 Å². The van der Waals surface area contributed by atoms with E-state index in [1.165, 1.54) is 16.7 Å². The molecule has 2 atom stereocenters. The van der Waals surface area contributed by atoms with E-state index >= 15 is 0 Å². The smallest absolute Gasteiger partial charge is 0.0895 e. The van der Waals surface area contributed by atoms with Gasteiger partial charge in [-0.25, -0.2) is 4.68 Å². The highest BCUT2D eigenvalue weighted by Crippen LogP contribution is 2.35. The maximum Gasteiger partial charge on any atom is 0.0895 e. The second-order valence-electron chi connectivity index (χ2n) is 8.87. The highest BCUT2D eigenvalue weighted by molar-refractivity contribution is 5.62. The first-order valence-corrected chi connectivity index (χ1v) is 11.2. The Balaban J connectivity index is 1.46. The summed E-state index contributed by atoms with van der Waals surface area (Å²) in [4.78, 5) is 0. The number of benzene rings is 2. The van der Waals surface area contributed by atoms with Crippen molar-refractivity contribution in [2.75, 3.05) is 5.23 Å². The summed E-state index contributed by atoms with van der Waals surface area (Å²) >= 11 is 0. The van der Waals surface area contributed by atoms with Crippen LogP contribution in [0.5, 0.6) is 0 Å². The maximum atomic E-state index is 11.6. The van der Waals surface area contributed by atoms with Crippen LogP contribution in [0.4, 0.5) is 5.69 Å². The summed E-state index contributed by atoms with van der Waals surface area (Å²) in [6.07, 6.45) is 5.45. The number of para-hydroxylation sites is 2. The zero-order chi connectivity index (χ0) is 22.8. The van der Waals surface area contributed by atoms with Crippen molar-refractivity contribution in [3.63, 3.8) is 0 Å². The van der Waals surface area contributed by atoms with E-state index in [9.17, 15) is 10.4 Å². The van der Waals surface area contributed by atoms with E-state index in [1.807, 2.05) is 19.9 Å². The molecule has 3 aromatic rings. The van der Waals surface area contributed by atoms with E-state index < -0.39 is 0 Å². The Morgan fingerprint density at radius 3 is 2.53 bits per heavy atom. The molecule has 2 N–H and O–H groups in total. The van der Waals surface area contributed by atoms with Gasteiger partial charge in [-0.3, -0.25) is 5.21 Å². The van der Waals surface area contributed by atoms with Gasteiger partial charge in [0.25, 0.3) is 0 Å². The quantitative estimate of drug-likeness (QED) is 0.381. The van der Waals surface area contributed by atoms with Crippen molar-refractivity contribution in [3.8, 4) is 5.69 Å². The summed E-state index contributed by atoms with van der Waals surface area (Å²) in [5.41, 5.74) is 6.49. The summed E-state index contributed by atoms with van der Waals surface area (Å²) in [7, 11) is 0. The Labute approximate surface area is 189 Å².